The van der Waals surface area contributed by atoms with E-state index >= 15 is 0 Å². The van der Waals surface area contributed by atoms with Gasteiger partial charge in [0.15, 0.2) is 0 Å². The van der Waals surface area contributed by atoms with Crippen LogP contribution in [-0.2, 0) is 16.0 Å². The quantitative estimate of drug-likeness (QED) is 0.807. The summed E-state index contributed by atoms with van der Waals surface area (Å²) in [6.07, 6.45) is -2.08. The predicted molar refractivity (Wildman–Crippen MR) is 54.3 cm³/mol. The van der Waals surface area contributed by atoms with Gasteiger partial charge in [-0.2, -0.15) is 0 Å². The van der Waals surface area contributed by atoms with Crippen LogP contribution < -0.4 is 10.3 Å². The van der Waals surface area contributed by atoms with Crippen LogP contribution in [0.3, 0.4) is 0 Å². The van der Waals surface area contributed by atoms with Gasteiger partial charge in [0.05, 0.1) is 20.6 Å². The van der Waals surface area contributed by atoms with Gasteiger partial charge in [-0.3, -0.25) is 9.59 Å². The highest BCUT2D eigenvalue weighted by atomic mass is 19.3. The van der Waals surface area contributed by atoms with Crippen LogP contribution in [0.15, 0.2) is 11.0 Å². The Kier molecular flexibility index (Phi) is 4.19. The number of pyridine rings is 1. The minimum absolute atomic E-state index is 0.147. The van der Waals surface area contributed by atoms with E-state index in [0.29, 0.717) is 0 Å². The van der Waals surface area contributed by atoms with Crippen molar-refractivity contribution in [2.45, 2.75) is 12.8 Å². The van der Waals surface area contributed by atoms with Crippen LogP contribution in [0.4, 0.5) is 8.78 Å². The average molecular weight is 247 g/mol. The Balaban J connectivity index is 3.28. The van der Waals surface area contributed by atoms with Crippen molar-refractivity contribution in [1.82, 2.24) is 4.98 Å². The van der Waals surface area contributed by atoms with Crippen molar-refractivity contribution < 1.29 is 23.0 Å². The monoisotopic (exact) mass is 247 g/mol. The number of methoxy groups -OCH3 is 2. The summed E-state index contributed by atoms with van der Waals surface area (Å²) < 4.78 is 34.5. The van der Waals surface area contributed by atoms with Crippen LogP contribution in [0.2, 0.25) is 0 Å². The van der Waals surface area contributed by atoms with E-state index < -0.39 is 23.5 Å². The standard InChI is InChI=1S/C10H11F2NO4/c1-16-6(14)3-5-4-13-10(15)7(9(11)12)8(5)17-2/h4,9H,3H2,1-2H3,(H,13,15). The van der Waals surface area contributed by atoms with Gasteiger partial charge in [-0.25, -0.2) is 8.78 Å². The first kappa shape index (κ1) is 13.1. The number of carbonyl (C=O) groups excluding carboxylic acids is 1. The lowest BCUT2D eigenvalue weighted by molar-refractivity contribution is -0.139. The van der Waals surface area contributed by atoms with Gasteiger partial charge in [0.25, 0.3) is 12.0 Å². The van der Waals surface area contributed by atoms with Crippen molar-refractivity contribution in [1.29, 1.82) is 0 Å². The SMILES string of the molecule is COC(=O)Cc1c[nH]c(=O)c(C(F)F)c1OC. The molecule has 0 aliphatic carbocycles. The number of aromatic amines is 1. The minimum Gasteiger partial charge on any atom is -0.496 e. The smallest absolute Gasteiger partial charge is 0.310 e. The third-order valence-electron chi connectivity index (χ3n) is 2.14. The maximum absolute atomic E-state index is 12.7. The number of halogens is 2. The molecule has 0 unspecified atom stereocenters. The zero-order chi connectivity index (χ0) is 13.0. The van der Waals surface area contributed by atoms with E-state index in [1.54, 1.807) is 0 Å². The van der Waals surface area contributed by atoms with E-state index in [-0.39, 0.29) is 17.7 Å². The van der Waals surface area contributed by atoms with Crippen molar-refractivity contribution in [3.63, 3.8) is 0 Å². The molecular formula is C10H11F2NO4. The molecule has 1 heterocycles. The van der Waals surface area contributed by atoms with Gasteiger partial charge in [-0.05, 0) is 0 Å². The van der Waals surface area contributed by atoms with Crippen molar-refractivity contribution >= 4 is 5.97 Å². The number of aromatic nitrogens is 1. The Morgan fingerprint density at radius 2 is 2.12 bits per heavy atom. The Labute approximate surface area is 95.4 Å². The summed E-state index contributed by atoms with van der Waals surface area (Å²) in [7, 11) is 2.33. The molecule has 0 bridgehead atoms. The molecule has 17 heavy (non-hydrogen) atoms. The van der Waals surface area contributed by atoms with Gasteiger partial charge in [0.2, 0.25) is 0 Å². The summed E-state index contributed by atoms with van der Waals surface area (Å²) in [5.74, 6) is -0.898. The number of carbonyl (C=O) groups is 1. The van der Waals surface area contributed by atoms with Crippen molar-refractivity contribution in [3.8, 4) is 5.75 Å². The summed E-state index contributed by atoms with van der Waals surface area (Å²) in [6, 6.07) is 0. The first-order valence-electron chi connectivity index (χ1n) is 4.64. The highest BCUT2D eigenvalue weighted by molar-refractivity contribution is 5.73. The maximum Gasteiger partial charge on any atom is 0.310 e. The van der Waals surface area contributed by atoms with E-state index in [2.05, 4.69) is 9.72 Å². The molecule has 0 fully saturated rings. The van der Waals surface area contributed by atoms with E-state index in [1.165, 1.54) is 7.11 Å². The number of H-pyrrole nitrogens is 1. The lowest BCUT2D eigenvalue weighted by Crippen LogP contribution is -2.17. The van der Waals surface area contributed by atoms with Crippen LogP contribution >= 0.6 is 0 Å². The molecule has 0 saturated heterocycles. The number of alkyl halides is 2. The molecule has 1 aromatic heterocycles. The zero-order valence-electron chi connectivity index (χ0n) is 9.25. The molecule has 5 nitrogen and oxygen atoms in total. The highest BCUT2D eigenvalue weighted by Gasteiger charge is 2.22. The van der Waals surface area contributed by atoms with Gasteiger partial charge in [-0.1, -0.05) is 0 Å². The number of ether oxygens (including phenoxy) is 2. The molecule has 0 saturated carbocycles. The summed E-state index contributed by atoms with van der Waals surface area (Å²) in [4.78, 5) is 24.4. The third kappa shape index (κ3) is 2.80. The number of hydrogen-bond acceptors (Lipinski definition) is 4. The Morgan fingerprint density at radius 3 is 2.59 bits per heavy atom. The molecule has 0 atom stereocenters. The maximum atomic E-state index is 12.7. The number of rotatable bonds is 4. The average Bonchev–Trinajstić information content (AvgIpc) is 2.30. The summed E-state index contributed by atoms with van der Waals surface area (Å²) >= 11 is 0. The summed E-state index contributed by atoms with van der Waals surface area (Å²) in [5.41, 5.74) is -1.58. The van der Waals surface area contributed by atoms with Crippen molar-refractivity contribution in [3.05, 3.63) is 27.7 Å². The van der Waals surface area contributed by atoms with Crippen molar-refractivity contribution in [2.24, 2.45) is 0 Å². The first-order valence-corrected chi connectivity index (χ1v) is 4.64. The van der Waals surface area contributed by atoms with E-state index in [4.69, 9.17) is 4.74 Å². The van der Waals surface area contributed by atoms with Gasteiger partial charge < -0.3 is 14.5 Å². The molecular weight excluding hydrogens is 236 g/mol. The summed E-state index contributed by atoms with van der Waals surface area (Å²) in [6.45, 7) is 0. The molecule has 0 amide bonds. The Bertz CT molecular complexity index is 470. The molecule has 0 spiro atoms. The van der Waals surface area contributed by atoms with E-state index in [9.17, 15) is 18.4 Å². The molecule has 7 heteroatoms. The molecule has 1 aromatic rings. The van der Waals surface area contributed by atoms with Crippen LogP contribution in [0, 0.1) is 0 Å². The van der Waals surface area contributed by atoms with Crippen LogP contribution in [0.25, 0.3) is 0 Å². The number of esters is 1. The van der Waals surface area contributed by atoms with Crippen molar-refractivity contribution in [2.75, 3.05) is 14.2 Å². The fourth-order valence-electron chi connectivity index (χ4n) is 1.37. The second-order valence-electron chi connectivity index (χ2n) is 3.14. The topological polar surface area (TPSA) is 68.4 Å². The first-order chi connectivity index (χ1) is 8.01. The third-order valence-corrected chi connectivity index (χ3v) is 2.14. The Hall–Kier alpha value is -1.92. The predicted octanol–water partition coefficient (Wildman–Crippen LogP) is 1.04. The second-order valence-corrected chi connectivity index (χ2v) is 3.14. The van der Waals surface area contributed by atoms with Crippen LogP contribution in [-0.4, -0.2) is 25.2 Å². The van der Waals surface area contributed by atoms with E-state index in [1.807, 2.05) is 0 Å². The molecule has 0 aliphatic heterocycles. The fraction of sp³-hybridized carbons (Fsp3) is 0.400. The molecule has 1 N–H and O–H groups in total. The summed E-state index contributed by atoms with van der Waals surface area (Å²) in [5, 5.41) is 0. The lowest BCUT2D eigenvalue weighted by Gasteiger charge is -2.11. The molecule has 0 aliphatic rings. The number of hydrogen-bond donors (Lipinski definition) is 1. The minimum atomic E-state index is -2.98. The number of nitrogens with one attached hydrogen (secondary N) is 1. The molecule has 0 aromatic carbocycles. The van der Waals surface area contributed by atoms with Crippen LogP contribution in [0.5, 0.6) is 5.75 Å². The molecule has 1 rings (SSSR count). The van der Waals surface area contributed by atoms with Gasteiger partial charge in [-0.15, -0.1) is 0 Å². The van der Waals surface area contributed by atoms with Gasteiger partial charge in [0, 0.05) is 11.8 Å². The Morgan fingerprint density at radius 1 is 1.47 bits per heavy atom. The molecule has 0 radical (unpaired) electrons. The van der Waals surface area contributed by atoms with Crippen LogP contribution in [0.1, 0.15) is 17.6 Å². The van der Waals surface area contributed by atoms with E-state index in [0.717, 1.165) is 13.3 Å². The highest BCUT2D eigenvalue weighted by Crippen LogP contribution is 2.28. The van der Waals surface area contributed by atoms with Gasteiger partial charge in [0.1, 0.15) is 11.3 Å². The molecule has 94 valence electrons. The normalized spacial score (nSPS) is 10.4. The largest absolute Gasteiger partial charge is 0.496 e. The second kappa shape index (κ2) is 5.42. The zero-order valence-corrected chi connectivity index (χ0v) is 9.25. The van der Waals surface area contributed by atoms with Gasteiger partial charge >= 0.3 is 5.97 Å². The fourth-order valence-corrected chi connectivity index (χ4v) is 1.37. The lowest BCUT2D eigenvalue weighted by atomic mass is 10.1.